The summed E-state index contributed by atoms with van der Waals surface area (Å²) >= 11 is 0. The number of rotatable bonds is 5. The Morgan fingerprint density at radius 1 is 0.897 bits per heavy atom. The zero-order valence-electron chi connectivity index (χ0n) is 21.2. The van der Waals surface area contributed by atoms with E-state index in [9.17, 15) is 31.5 Å². The van der Waals surface area contributed by atoms with Gasteiger partial charge in [0, 0.05) is 50.1 Å². The Morgan fingerprint density at radius 3 is 2.33 bits per heavy atom. The molecule has 2 aliphatic heterocycles. The van der Waals surface area contributed by atoms with E-state index in [0.29, 0.717) is 24.0 Å². The van der Waals surface area contributed by atoms with Gasteiger partial charge in [-0.25, -0.2) is 8.78 Å². The maximum atomic E-state index is 13.5. The summed E-state index contributed by atoms with van der Waals surface area (Å²) in [7, 11) is 0. The number of nitrogens with zero attached hydrogens (tertiary/aromatic N) is 2. The number of piperidine rings is 1. The van der Waals surface area contributed by atoms with Crippen LogP contribution in [-0.2, 0) is 6.54 Å². The van der Waals surface area contributed by atoms with Crippen molar-refractivity contribution in [2.75, 3.05) is 19.6 Å². The molecule has 3 aliphatic rings. The van der Waals surface area contributed by atoms with Crippen LogP contribution in [0.1, 0.15) is 58.4 Å². The van der Waals surface area contributed by atoms with E-state index >= 15 is 0 Å². The number of alkyl halides is 5. The third-order valence-electron chi connectivity index (χ3n) is 8.26. The molecule has 39 heavy (non-hydrogen) atoms. The SMILES string of the molecule is O=C(c1ccc2c(-c3ccc4c(c3)CN(CC3(CC(F)(F)F)CC3)C4=O)cccc2c1)N1CCC(F)(F)CC1. The van der Waals surface area contributed by atoms with Gasteiger partial charge in [-0.2, -0.15) is 13.2 Å². The van der Waals surface area contributed by atoms with Crippen molar-refractivity contribution in [1.82, 2.24) is 9.80 Å². The molecule has 1 saturated heterocycles. The summed E-state index contributed by atoms with van der Waals surface area (Å²) in [6.07, 6.45) is -4.84. The van der Waals surface area contributed by atoms with Crippen molar-refractivity contribution in [3.05, 3.63) is 71.3 Å². The molecule has 0 spiro atoms. The van der Waals surface area contributed by atoms with Crippen LogP contribution >= 0.6 is 0 Å². The molecule has 0 aromatic heterocycles. The monoisotopic (exact) mass is 542 g/mol. The van der Waals surface area contributed by atoms with Gasteiger partial charge in [-0.05, 0) is 70.0 Å². The second kappa shape index (κ2) is 9.03. The summed E-state index contributed by atoms with van der Waals surface area (Å²) in [4.78, 5) is 28.9. The lowest BCUT2D eigenvalue weighted by atomic mass is 9.94. The number of benzene rings is 3. The highest BCUT2D eigenvalue weighted by atomic mass is 19.4. The average Bonchev–Trinajstić information content (AvgIpc) is 3.56. The Kier molecular flexibility index (Phi) is 5.97. The van der Waals surface area contributed by atoms with E-state index in [0.717, 1.165) is 27.5 Å². The fourth-order valence-electron chi connectivity index (χ4n) is 5.96. The van der Waals surface area contributed by atoms with Gasteiger partial charge >= 0.3 is 6.18 Å². The summed E-state index contributed by atoms with van der Waals surface area (Å²) < 4.78 is 66.1. The largest absolute Gasteiger partial charge is 0.389 e. The van der Waals surface area contributed by atoms with Crippen LogP contribution in [0.5, 0.6) is 0 Å². The molecule has 0 N–H and O–H groups in total. The van der Waals surface area contributed by atoms with Crippen LogP contribution in [-0.4, -0.2) is 53.3 Å². The summed E-state index contributed by atoms with van der Waals surface area (Å²) in [5.74, 6) is -3.23. The molecule has 2 fully saturated rings. The number of carbonyl (C=O) groups excluding carboxylic acids is 2. The Bertz CT molecular complexity index is 1470. The summed E-state index contributed by atoms with van der Waals surface area (Å²) in [5.41, 5.74) is 2.63. The van der Waals surface area contributed by atoms with Crippen molar-refractivity contribution in [3.8, 4) is 11.1 Å². The van der Waals surface area contributed by atoms with Gasteiger partial charge in [0.05, 0.1) is 6.42 Å². The number of hydrogen-bond acceptors (Lipinski definition) is 2. The molecule has 4 nitrogen and oxygen atoms in total. The molecule has 204 valence electrons. The van der Waals surface area contributed by atoms with Crippen LogP contribution in [0.25, 0.3) is 21.9 Å². The third-order valence-corrected chi connectivity index (χ3v) is 8.26. The highest BCUT2D eigenvalue weighted by molar-refractivity contribution is 6.04. The second-order valence-corrected chi connectivity index (χ2v) is 11.2. The molecular weight excluding hydrogens is 515 g/mol. The van der Waals surface area contributed by atoms with Gasteiger partial charge in [0.1, 0.15) is 0 Å². The molecule has 3 aromatic carbocycles. The van der Waals surface area contributed by atoms with Crippen molar-refractivity contribution >= 4 is 22.6 Å². The van der Waals surface area contributed by atoms with Crippen LogP contribution in [0, 0.1) is 5.41 Å². The van der Waals surface area contributed by atoms with Crippen LogP contribution in [0.3, 0.4) is 0 Å². The quantitative estimate of drug-likeness (QED) is 0.324. The van der Waals surface area contributed by atoms with Gasteiger partial charge in [-0.3, -0.25) is 9.59 Å². The first-order chi connectivity index (χ1) is 18.4. The third kappa shape index (κ3) is 5.11. The van der Waals surface area contributed by atoms with Gasteiger partial charge in [-0.15, -0.1) is 0 Å². The normalized spacial score (nSPS) is 19.9. The number of carbonyl (C=O) groups is 2. The molecule has 0 atom stereocenters. The smallest absolute Gasteiger partial charge is 0.338 e. The standard InChI is InChI=1S/C30H27F5N2O2/c31-29(32)10-12-36(13-11-29)26(38)21-5-6-24-19(14-21)2-1-3-23(24)20-4-7-25-22(15-20)16-37(27(25)39)18-28(8-9-28)17-30(33,34)35/h1-7,14-15H,8-13,16-18H2. The van der Waals surface area contributed by atoms with Gasteiger partial charge in [0.25, 0.3) is 17.7 Å². The van der Waals surface area contributed by atoms with E-state index in [4.69, 9.17) is 0 Å². The molecular formula is C30H27F5N2O2. The lowest BCUT2D eigenvalue weighted by molar-refractivity contribution is -0.148. The Hall–Kier alpha value is -3.49. The molecule has 3 aromatic rings. The van der Waals surface area contributed by atoms with Gasteiger partial charge in [0.2, 0.25) is 0 Å². The summed E-state index contributed by atoms with van der Waals surface area (Å²) in [6, 6.07) is 16.5. The maximum absolute atomic E-state index is 13.5. The minimum atomic E-state index is -4.25. The zero-order valence-corrected chi connectivity index (χ0v) is 21.2. The minimum Gasteiger partial charge on any atom is -0.338 e. The van der Waals surface area contributed by atoms with Gasteiger partial charge in [-0.1, -0.05) is 30.3 Å². The van der Waals surface area contributed by atoms with Crippen molar-refractivity contribution in [2.24, 2.45) is 5.41 Å². The molecule has 1 saturated carbocycles. The topological polar surface area (TPSA) is 40.6 Å². The number of amides is 2. The Labute approximate surface area is 222 Å². The fourth-order valence-corrected chi connectivity index (χ4v) is 5.96. The van der Waals surface area contributed by atoms with Crippen LogP contribution in [0.4, 0.5) is 22.0 Å². The maximum Gasteiger partial charge on any atom is 0.389 e. The molecule has 2 amide bonds. The van der Waals surface area contributed by atoms with E-state index in [1.54, 1.807) is 18.2 Å². The minimum absolute atomic E-state index is 0.0199. The van der Waals surface area contributed by atoms with E-state index in [1.807, 2.05) is 36.4 Å². The lowest BCUT2D eigenvalue weighted by Crippen LogP contribution is -2.42. The molecule has 0 radical (unpaired) electrons. The van der Waals surface area contributed by atoms with Crippen LogP contribution in [0.2, 0.25) is 0 Å². The van der Waals surface area contributed by atoms with Crippen LogP contribution in [0.15, 0.2) is 54.6 Å². The average molecular weight is 543 g/mol. The van der Waals surface area contributed by atoms with Crippen molar-refractivity contribution in [1.29, 1.82) is 0 Å². The predicted octanol–water partition coefficient (Wildman–Crippen LogP) is 7.07. The van der Waals surface area contributed by atoms with Gasteiger partial charge < -0.3 is 9.80 Å². The van der Waals surface area contributed by atoms with Crippen molar-refractivity contribution in [3.63, 3.8) is 0 Å². The second-order valence-electron chi connectivity index (χ2n) is 11.2. The van der Waals surface area contributed by atoms with Gasteiger partial charge in [0.15, 0.2) is 0 Å². The summed E-state index contributed by atoms with van der Waals surface area (Å²) in [6.45, 7) is 0.424. The number of fused-ring (bicyclic) bond motifs is 2. The zero-order chi connectivity index (χ0) is 27.6. The summed E-state index contributed by atoms with van der Waals surface area (Å²) in [5, 5.41) is 1.71. The van der Waals surface area contributed by atoms with Crippen molar-refractivity contribution in [2.45, 2.75) is 50.7 Å². The Morgan fingerprint density at radius 2 is 1.64 bits per heavy atom. The molecule has 1 aliphatic carbocycles. The van der Waals surface area contributed by atoms with Crippen molar-refractivity contribution < 1.29 is 31.5 Å². The highest BCUT2D eigenvalue weighted by Gasteiger charge is 2.52. The number of likely N-dealkylation sites (tertiary alicyclic amines) is 1. The number of halogens is 5. The fraction of sp³-hybridized carbons (Fsp3) is 0.400. The molecule has 2 heterocycles. The molecule has 6 rings (SSSR count). The van der Waals surface area contributed by atoms with E-state index in [1.165, 1.54) is 9.80 Å². The predicted molar refractivity (Wildman–Crippen MR) is 137 cm³/mol. The molecule has 0 bridgehead atoms. The number of hydrogen-bond donors (Lipinski definition) is 0. The van der Waals surface area contributed by atoms with E-state index < -0.39 is 23.9 Å². The Balaban J connectivity index is 1.23. The lowest BCUT2D eigenvalue weighted by Gasteiger charge is -2.31. The first kappa shape index (κ1) is 25.8. The van der Waals surface area contributed by atoms with E-state index in [-0.39, 0.29) is 50.8 Å². The van der Waals surface area contributed by atoms with Crippen LogP contribution < -0.4 is 0 Å². The highest BCUT2D eigenvalue weighted by Crippen LogP contribution is 2.54. The molecule has 0 unspecified atom stereocenters. The first-order valence-electron chi connectivity index (χ1n) is 13.1. The first-order valence-corrected chi connectivity index (χ1v) is 13.1. The molecule has 9 heteroatoms. The van der Waals surface area contributed by atoms with E-state index in [2.05, 4.69) is 0 Å².